The third-order valence-corrected chi connectivity index (χ3v) is 7.97. The van der Waals surface area contributed by atoms with Crippen molar-refractivity contribution >= 4 is 39.2 Å². The molecule has 2 unspecified atom stereocenters. The summed E-state index contributed by atoms with van der Waals surface area (Å²) in [7, 11) is -2.49. The van der Waals surface area contributed by atoms with Crippen molar-refractivity contribution in [2.45, 2.75) is 31.2 Å². The number of methoxy groups -OCH3 is 1. The van der Waals surface area contributed by atoms with Gasteiger partial charge >= 0.3 is 5.97 Å². The van der Waals surface area contributed by atoms with Gasteiger partial charge in [0.1, 0.15) is 5.75 Å². The summed E-state index contributed by atoms with van der Waals surface area (Å²) in [4.78, 5) is 12.7. The van der Waals surface area contributed by atoms with Crippen LogP contribution in [0.1, 0.15) is 30.5 Å². The quantitative estimate of drug-likeness (QED) is 0.388. The molecule has 0 amide bonds. The first kappa shape index (κ1) is 24.8. The van der Waals surface area contributed by atoms with Crippen LogP contribution in [0.5, 0.6) is 5.75 Å². The summed E-state index contributed by atoms with van der Waals surface area (Å²) in [6, 6.07) is 8.92. The number of carbonyl (C=O) groups is 1. The lowest BCUT2D eigenvalue weighted by atomic mass is 9.99. The lowest BCUT2D eigenvalue weighted by Crippen LogP contribution is -2.32. The Kier molecular flexibility index (Phi) is 8.06. The smallest absolute Gasteiger partial charge is 0.310 e. The third-order valence-electron chi connectivity index (χ3n) is 5.26. The summed E-state index contributed by atoms with van der Waals surface area (Å²) in [5, 5.41) is 0.414. The molecule has 1 aliphatic heterocycles. The Morgan fingerprint density at radius 3 is 2.47 bits per heavy atom. The molecule has 32 heavy (non-hydrogen) atoms. The number of hydrogen-bond acceptors (Lipinski definition) is 6. The number of benzene rings is 2. The lowest BCUT2D eigenvalue weighted by Gasteiger charge is -2.27. The van der Waals surface area contributed by atoms with Gasteiger partial charge in [-0.1, -0.05) is 40.9 Å². The van der Waals surface area contributed by atoms with Crippen molar-refractivity contribution in [3.63, 3.8) is 0 Å². The molecule has 2 atom stereocenters. The van der Waals surface area contributed by atoms with Crippen molar-refractivity contribution in [2.24, 2.45) is 5.92 Å². The van der Waals surface area contributed by atoms with Crippen molar-refractivity contribution in [1.29, 1.82) is 0 Å². The van der Waals surface area contributed by atoms with E-state index in [4.69, 9.17) is 37.4 Å². The Balaban J connectivity index is 2.12. The highest BCUT2D eigenvalue weighted by molar-refractivity contribution is 7.89. The molecule has 1 aliphatic rings. The van der Waals surface area contributed by atoms with Crippen LogP contribution >= 0.6 is 23.2 Å². The van der Waals surface area contributed by atoms with Gasteiger partial charge in [0, 0.05) is 19.2 Å². The average Bonchev–Trinajstić information content (AvgIpc) is 3.21. The van der Waals surface area contributed by atoms with Crippen LogP contribution in [0.25, 0.3) is 0 Å². The molecule has 0 N–H and O–H groups in total. The van der Waals surface area contributed by atoms with Gasteiger partial charge in [0.05, 0.1) is 33.5 Å². The van der Waals surface area contributed by atoms with Gasteiger partial charge in [-0.2, -0.15) is 4.31 Å². The van der Waals surface area contributed by atoms with Crippen LogP contribution in [-0.4, -0.2) is 45.7 Å². The molecule has 7 nitrogen and oxygen atoms in total. The number of carbonyl (C=O) groups excluding carboxylic acids is 1. The Bertz CT molecular complexity index is 1070. The molecule has 0 bridgehead atoms. The van der Waals surface area contributed by atoms with Gasteiger partial charge in [-0.15, -0.1) is 0 Å². The van der Waals surface area contributed by atoms with Gasteiger partial charge in [0.2, 0.25) is 10.0 Å². The van der Waals surface area contributed by atoms with Gasteiger partial charge in [-0.3, -0.25) is 4.79 Å². The minimum atomic E-state index is -3.96. The topological polar surface area (TPSA) is 82.1 Å². The van der Waals surface area contributed by atoms with E-state index in [0.29, 0.717) is 11.3 Å². The van der Waals surface area contributed by atoms with Crippen molar-refractivity contribution in [3.8, 4) is 5.75 Å². The molecule has 10 heteroatoms. The molecule has 1 fully saturated rings. The third kappa shape index (κ3) is 5.05. The Morgan fingerprint density at radius 2 is 1.84 bits per heavy atom. The fourth-order valence-electron chi connectivity index (χ4n) is 3.72. The maximum Gasteiger partial charge on any atom is 0.310 e. The molecule has 1 saturated heterocycles. The fourth-order valence-corrected chi connectivity index (χ4v) is 5.82. The van der Waals surface area contributed by atoms with E-state index in [0.717, 1.165) is 5.56 Å². The van der Waals surface area contributed by atoms with E-state index in [2.05, 4.69) is 0 Å². The summed E-state index contributed by atoms with van der Waals surface area (Å²) >= 11 is 12.8. The van der Waals surface area contributed by atoms with Crippen LogP contribution in [0.3, 0.4) is 0 Å². The lowest BCUT2D eigenvalue weighted by molar-refractivity contribution is -0.147. The van der Waals surface area contributed by atoms with Crippen LogP contribution in [0.15, 0.2) is 41.3 Å². The zero-order valence-corrected chi connectivity index (χ0v) is 20.3. The van der Waals surface area contributed by atoms with E-state index in [1.165, 1.54) is 11.4 Å². The summed E-state index contributed by atoms with van der Waals surface area (Å²) in [5.41, 5.74) is 1.32. The Hall–Kier alpha value is -1.84. The number of aryl methyl sites for hydroxylation is 1. The molecule has 1 heterocycles. The van der Waals surface area contributed by atoms with Crippen molar-refractivity contribution in [3.05, 3.63) is 57.6 Å². The molecule has 0 saturated carbocycles. The van der Waals surface area contributed by atoms with E-state index in [9.17, 15) is 13.2 Å². The van der Waals surface area contributed by atoms with Crippen LogP contribution in [0.2, 0.25) is 10.0 Å². The standard InChI is InChI=1S/C22H25Cl2NO6S/c1-4-30-22(26)15-11-18(20-19(31-13-29-3)10-9-17(23)21(20)24)25(12-15)32(27,28)16-7-5-14(2)6-8-16/h5-10,15,18H,4,11-13H2,1-3H3. The highest BCUT2D eigenvalue weighted by Gasteiger charge is 2.46. The molecular formula is C22H25Cl2NO6S. The largest absolute Gasteiger partial charge is 0.467 e. The second kappa shape index (κ2) is 10.4. The monoisotopic (exact) mass is 501 g/mol. The van der Waals surface area contributed by atoms with Gasteiger partial charge in [0.15, 0.2) is 6.79 Å². The van der Waals surface area contributed by atoms with Crippen LogP contribution in [-0.2, 0) is 24.3 Å². The van der Waals surface area contributed by atoms with E-state index < -0.39 is 28.0 Å². The number of halogens is 2. The second-order valence-electron chi connectivity index (χ2n) is 7.41. The SMILES string of the molecule is CCOC(=O)C1CC(c2c(OCOC)ccc(Cl)c2Cl)N(S(=O)(=O)c2ccc(C)cc2)C1. The molecule has 174 valence electrons. The summed E-state index contributed by atoms with van der Waals surface area (Å²) in [6.07, 6.45) is 0.174. The Morgan fingerprint density at radius 1 is 1.16 bits per heavy atom. The van der Waals surface area contributed by atoms with Crippen LogP contribution in [0, 0.1) is 12.8 Å². The average molecular weight is 502 g/mol. The number of nitrogens with zero attached hydrogens (tertiary/aromatic N) is 1. The number of esters is 1. The minimum absolute atomic E-state index is 0.0493. The van der Waals surface area contributed by atoms with Gasteiger partial charge in [0.25, 0.3) is 0 Å². The minimum Gasteiger partial charge on any atom is -0.467 e. The zero-order valence-electron chi connectivity index (χ0n) is 18.0. The number of ether oxygens (including phenoxy) is 3. The predicted octanol–water partition coefficient (Wildman–Crippen LogP) is 4.60. The first-order chi connectivity index (χ1) is 15.2. The predicted molar refractivity (Wildman–Crippen MR) is 122 cm³/mol. The van der Waals surface area contributed by atoms with Crippen LogP contribution in [0.4, 0.5) is 0 Å². The van der Waals surface area contributed by atoms with E-state index >= 15 is 0 Å². The zero-order chi connectivity index (χ0) is 23.5. The number of sulfonamides is 1. The molecule has 0 aromatic heterocycles. The molecular weight excluding hydrogens is 477 g/mol. The fraction of sp³-hybridized carbons (Fsp3) is 0.409. The summed E-state index contributed by atoms with van der Waals surface area (Å²) < 4.78 is 44.3. The number of hydrogen-bond donors (Lipinski definition) is 0. The van der Waals surface area contributed by atoms with Gasteiger partial charge < -0.3 is 14.2 Å². The van der Waals surface area contributed by atoms with Crippen molar-refractivity contribution in [2.75, 3.05) is 27.1 Å². The highest BCUT2D eigenvalue weighted by Crippen LogP contribution is 2.47. The normalized spacial score (nSPS) is 19.2. The van der Waals surface area contributed by atoms with E-state index in [1.807, 2.05) is 6.92 Å². The van der Waals surface area contributed by atoms with Crippen LogP contribution < -0.4 is 4.74 Å². The maximum atomic E-state index is 13.6. The molecule has 3 rings (SSSR count). The molecule has 0 radical (unpaired) electrons. The first-order valence-corrected chi connectivity index (χ1v) is 12.2. The first-order valence-electron chi connectivity index (χ1n) is 10.1. The number of rotatable bonds is 8. The molecule has 0 spiro atoms. The maximum absolute atomic E-state index is 13.6. The molecule has 0 aliphatic carbocycles. The van der Waals surface area contributed by atoms with Gasteiger partial charge in [-0.25, -0.2) is 8.42 Å². The van der Waals surface area contributed by atoms with Gasteiger partial charge in [-0.05, 0) is 44.5 Å². The van der Waals surface area contributed by atoms with Crippen molar-refractivity contribution < 1.29 is 27.4 Å². The van der Waals surface area contributed by atoms with E-state index in [1.54, 1.807) is 43.3 Å². The second-order valence-corrected chi connectivity index (χ2v) is 10.1. The molecule has 2 aromatic rings. The van der Waals surface area contributed by atoms with Crippen molar-refractivity contribution in [1.82, 2.24) is 4.31 Å². The molecule has 2 aromatic carbocycles. The summed E-state index contributed by atoms with van der Waals surface area (Å²) in [6.45, 7) is 3.66. The summed E-state index contributed by atoms with van der Waals surface area (Å²) in [5.74, 6) is -0.790. The Labute approximate surface area is 198 Å². The van der Waals surface area contributed by atoms with E-state index in [-0.39, 0.29) is 41.3 Å². The highest BCUT2D eigenvalue weighted by atomic mass is 35.5.